The summed E-state index contributed by atoms with van der Waals surface area (Å²) in [4.78, 5) is 39.4. The minimum absolute atomic E-state index is 0.0622. The number of halogens is 4. The molecular weight excluding hydrogens is 643 g/mol. The SMILES string of the molecule is COc1ccc(/C=C(\NC(=O)c2ccccc2)C(=O)Nc2ccc(SCC(=O)Nc3ccc(Cl)cc3C(F)(F)F)cc2)c(OC)c1. The van der Waals surface area contributed by atoms with Crippen molar-refractivity contribution in [2.45, 2.75) is 11.1 Å². The molecule has 0 saturated carbocycles. The van der Waals surface area contributed by atoms with Crippen LogP contribution in [0.3, 0.4) is 0 Å². The first-order valence-electron chi connectivity index (χ1n) is 13.5. The van der Waals surface area contributed by atoms with Gasteiger partial charge in [-0.05, 0) is 72.8 Å². The molecule has 0 aliphatic heterocycles. The van der Waals surface area contributed by atoms with E-state index < -0.39 is 35.1 Å². The summed E-state index contributed by atoms with van der Waals surface area (Å²) in [6.07, 6.45) is -3.22. The zero-order chi connectivity index (χ0) is 33.3. The van der Waals surface area contributed by atoms with Gasteiger partial charge in [-0.25, -0.2) is 0 Å². The molecular formula is C33H27ClF3N3O5S. The van der Waals surface area contributed by atoms with Gasteiger partial charge in [0.1, 0.15) is 17.2 Å². The van der Waals surface area contributed by atoms with Crippen LogP contribution in [0.4, 0.5) is 24.5 Å². The quantitative estimate of drug-likeness (QED) is 0.113. The standard InChI is InChI=1S/C33H27ClF3N3O5S/c1-44-24-12-8-21(29(18-24)45-2)16-28(40-31(42)20-6-4-3-5-7-20)32(43)38-23-10-13-25(14-11-23)46-19-30(41)39-27-15-9-22(34)17-26(27)33(35,36)37/h3-18H,19H2,1-2H3,(H,38,43)(H,39,41)(H,40,42)/b28-16-. The van der Waals surface area contributed by atoms with E-state index in [1.807, 2.05) is 0 Å². The highest BCUT2D eigenvalue weighted by molar-refractivity contribution is 8.00. The molecule has 0 aliphatic rings. The fourth-order valence-corrected chi connectivity index (χ4v) is 4.93. The van der Waals surface area contributed by atoms with Gasteiger partial charge < -0.3 is 25.4 Å². The lowest BCUT2D eigenvalue weighted by Crippen LogP contribution is -2.30. The number of rotatable bonds is 11. The fraction of sp³-hybridized carbons (Fsp3) is 0.121. The van der Waals surface area contributed by atoms with E-state index in [1.165, 1.54) is 26.4 Å². The Morgan fingerprint density at radius 2 is 1.59 bits per heavy atom. The molecule has 46 heavy (non-hydrogen) atoms. The van der Waals surface area contributed by atoms with Crippen LogP contribution in [0.15, 0.2) is 102 Å². The number of methoxy groups -OCH3 is 2. The van der Waals surface area contributed by atoms with Gasteiger partial charge in [0.2, 0.25) is 5.91 Å². The lowest BCUT2D eigenvalue weighted by Gasteiger charge is -2.14. The third-order valence-electron chi connectivity index (χ3n) is 6.31. The molecule has 0 atom stereocenters. The maximum absolute atomic E-state index is 13.4. The number of carbonyl (C=O) groups is 3. The molecule has 0 aromatic heterocycles. The second kappa shape index (κ2) is 15.4. The Bertz CT molecular complexity index is 1750. The van der Waals surface area contributed by atoms with Crippen molar-refractivity contribution < 1.29 is 37.0 Å². The van der Waals surface area contributed by atoms with Crippen molar-refractivity contribution in [1.29, 1.82) is 0 Å². The van der Waals surface area contributed by atoms with E-state index in [9.17, 15) is 27.6 Å². The van der Waals surface area contributed by atoms with Crippen molar-refractivity contribution in [2.75, 3.05) is 30.6 Å². The molecule has 0 spiro atoms. The summed E-state index contributed by atoms with van der Waals surface area (Å²) in [5.74, 6) is -0.985. The Morgan fingerprint density at radius 1 is 0.870 bits per heavy atom. The van der Waals surface area contributed by atoms with Crippen LogP contribution in [0, 0.1) is 0 Å². The number of thioether (sulfide) groups is 1. The first-order chi connectivity index (χ1) is 22.0. The molecule has 3 N–H and O–H groups in total. The Hall–Kier alpha value is -4.94. The van der Waals surface area contributed by atoms with E-state index in [0.717, 1.165) is 23.9 Å². The summed E-state index contributed by atoms with van der Waals surface area (Å²) in [6.45, 7) is 0. The lowest BCUT2D eigenvalue weighted by atomic mass is 10.1. The molecule has 0 aliphatic carbocycles. The van der Waals surface area contributed by atoms with Crippen molar-refractivity contribution in [3.05, 3.63) is 118 Å². The van der Waals surface area contributed by atoms with Gasteiger partial charge in [-0.15, -0.1) is 11.8 Å². The summed E-state index contributed by atoms with van der Waals surface area (Å²) in [5, 5.41) is 7.57. The molecule has 238 valence electrons. The molecule has 3 amide bonds. The number of benzene rings is 4. The first-order valence-corrected chi connectivity index (χ1v) is 14.8. The molecule has 0 heterocycles. The second-order valence-electron chi connectivity index (χ2n) is 9.49. The molecule has 4 aromatic rings. The van der Waals surface area contributed by atoms with E-state index in [0.29, 0.717) is 33.2 Å². The number of alkyl halides is 3. The first kappa shape index (κ1) is 33.9. The third kappa shape index (κ3) is 9.29. The average molecular weight is 670 g/mol. The number of carbonyl (C=O) groups excluding carboxylic acids is 3. The molecule has 0 saturated heterocycles. The molecule has 0 unspecified atom stereocenters. The van der Waals surface area contributed by atoms with Gasteiger partial charge in [0.25, 0.3) is 11.8 Å². The van der Waals surface area contributed by atoms with E-state index in [4.69, 9.17) is 21.1 Å². The summed E-state index contributed by atoms with van der Waals surface area (Å²) in [6, 6.07) is 22.9. The number of nitrogens with one attached hydrogen (secondary N) is 3. The van der Waals surface area contributed by atoms with Gasteiger partial charge in [0, 0.05) is 32.8 Å². The average Bonchev–Trinajstić information content (AvgIpc) is 3.04. The van der Waals surface area contributed by atoms with Crippen LogP contribution < -0.4 is 25.4 Å². The minimum atomic E-state index is -4.69. The van der Waals surface area contributed by atoms with Gasteiger partial charge in [0.15, 0.2) is 0 Å². The van der Waals surface area contributed by atoms with Crippen molar-refractivity contribution in [2.24, 2.45) is 0 Å². The summed E-state index contributed by atoms with van der Waals surface area (Å²) < 4.78 is 50.7. The number of anilines is 2. The third-order valence-corrected chi connectivity index (χ3v) is 7.56. The molecule has 8 nitrogen and oxygen atoms in total. The van der Waals surface area contributed by atoms with Crippen LogP contribution >= 0.6 is 23.4 Å². The normalized spacial score (nSPS) is 11.4. The predicted molar refractivity (Wildman–Crippen MR) is 172 cm³/mol. The van der Waals surface area contributed by atoms with Gasteiger partial charge in [-0.2, -0.15) is 13.2 Å². The zero-order valence-corrected chi connectivity index (χ0v) is 26.0. The van der Waals surface area contributed by atoms with E-state index in [1.54, 1.807) is 72.8 Å². The zero-order valence-electron chi connectivity index (χ0n) is 24.4. The van der Waals surface area contributed by atoms with Crippen LogP contribution in [0.1, 0.15) is 21.5 Å². The highest BCUT2D eigenvalue weighted by Crippen LogP contribution is 2.36. The van der Waals surface area contributed by atoms with E-state index in [-0.39, 0.29) is 16.5 Å². The van der Waals surface area contributed by atoms with Crippen LogP contribution in [0.25, 0.3) is 6.08 Å². The van der Waals surface area contributed by atoms with Crippen molar-refractivity contribution in [3.63, 3.8) is 0 Å². The molecule has 13 heteroatoms. The molecule has 4 aromatic carbocycles. The van der Waals surface area contributed by atoms with Crippen LogP contribution in [0.5, 0.6) is 11.5 Å². The number of hydrogen-bond donors (Lipinski definition) is 3. The Balaban J connectivity index is 1.45. The highest BCUT2D eigenvalue weighted by atomic mass is 35.5. The van der Waals surface area contributed by atoms with E-state index in [2.05, 4.69) is 16.0 Å². The fourth-order valence-electron chi connectivity index (χ4n) is 4.06. The van der Waals surface area contributed by atoms with Crippen LogP contribution in [-0.2, 0) is 15.8 Å². The predicted octanol–water partition coefficient (Wildman–Crippen LogP) is 7.52. The Morgan fingerprint density at radius 3 is 2.24 bits per heavy atom. The molecule has 0 radical (unpaired) electrons. The Labute approximate surface area is 271 Å². The van der Waals surface area contributed by atoms with E-state index >= 15 is 0 Å². The smallest absolute Gasteiger partial charge is 0.418 e. The molecule has 4 rings (SSSR count). The number of ether oxygens (including phenoxy) is 2. The minimum Gasteiger partial charge on any atom is -0.497 e. The van der Waals surface area contributed by atoms with Gasteiger partial charge >= 0.3 is 6.18 Å². The van der Waals surface area contributed by atoms with Crippen LogP contribution in [-0.4, -0.2) is 37.7 Å². The highest BCUT2D eigenvalue weighted by Gasteiger charge is 2.34. The van der Waals surface area contributed by atoms with Gasteiger partial charge in [0.05, 0.1) is 31.2 Å². The summed E-state index contributed by atoms with van der Waals surface area (Å²) >= 11 is 6.78. The van der Waals surface area contributed by atoms with Gasteiger partial charge in [-0.3, -0.25) is 14.4 Å². The molecule has 0 fully saturated rings. The number of amides is 3. The Kier molecular flexibility index (Phi) is 11.3. The monoisotopic (exact) mass is 669 g/mol. The number of hydrogen-bond acceptors (Lipinski definition) is 6. The molecule has 0 bridgehead atoms. The maximum atomic E-state index is 13.4. The summed E-state index contributed by atoms with van der Waals surface area (Å²) in [7, 11) is 2.98. The van der Waals surface area contributed by atoms with Crippen molar-refractivity contribution in [3.8, 4) is 11.5 Å². The topological polar surface area (TPSA) is 106 Å². The largest absolute Gasteiger partial charge is 0.497 e. The van der Waals surface area contributed by atoms with Gasteiger partial charge in [-0.1, -0.05) is 29.8 Å². The van der Waals surface area contributed by atoms with Crippen molar-refractivity contribution in [1.82, 2.24) is 5.32 Å². The second-order valence-corrected chi connectivity index (χ2v) is 11.0. The van der Waals surface area contributed by atoms with Crippen LogP contribution in [0.2, 0.25) is 5.02 Å². The summed E-state index contributed by atoms with van der Waals surface area (Å²) in [5.41, 5.74) is -0.260. The lowest BCUT2D eigenvalue weighted by molar-refractivity contribution is -0.137. The maximum Gasteiger partial charge on any atom is 0.418 e. The van der Waals surface area contributed by atoms with Crippen molar-refractivity contribution >= 4 is 58.5 Å².